The molecule has 0 spiro atoms. The van der Waals surface area contributed by atoms with E-state index in [2.05, 4.69) is 16.4 Å². The van der Waals surface area contributed by atoms with Gasteiger partial charge in [0.1, 0.15) is 5.01 Å². The molecule has 1 N–H and O–H groups in total. The fraction of sp³-hybridized carbons (Fsp3) is 0.375. The maximum absolute atomic E-state index is 12.5. The fourth-order valence-corrected chi connectivity index (χ4v) is 4.93. The molecule has 1 aliphatic rings. The van der Waals surface area contributed by atoms with Crippen molar-refractivity contribution in [2.24, 2.45) is 5.92 Å². The number of aromatic nitrogens is 1. The van der Waals surface area contributed by atoms with Gasteiger partial charge in [0.15, 0.2) is 5.78 Å². The van der Waals surface area contributed by atoms with Crippen molar-refractivity contribution in [1.29, 1.82) is 0 Å². The molecule has 2 aromatic carbocycles. The lowest BCUT2D eigenvalue weighted by Gasteiger charge is -2.13. The number of ether oxygens (including phenoxy) is 1. The first-order valence-electron chi connectivity index (χ1n) is 10.4. The third kappa shape index (κ3) is 5.32. The monoisotopic (exact) mass is 422 g/mol. The number of rotatable bonds is 8. The van der Waals surface area contributed by atoms with E-state index in [-0.39, 0.29) is 36.7 Å². The van der Waals surface area contributed by atoms with Crippen molar-refractivity contribution < 1.29 is 14.3 Å². The van der Waals surface area contributed by atoms with Crippen LogP contribution in [-0.2, 0) is 27.4 Å². The van der Waals surface area contributed by atoms with Crippen LogP contribution in [0.1, 0.15) is 35.4 Å². The van der Waals surface area contributed by atoms with Crippen LogP contribution in [0.25, 0.3) is 10.2 Å². The molecule has 1 fully saturated rings. The largest absolute Gasteiger partial charge is 0.374 e. The van der Waals surface area contributed by atoms with E-state index in [1.807, 2.05) is 49.4 Å². The predicted octanol–water partition coefficient (Wildman–Crippen LogP) is 4.22. The Morgan fingerprint density at radius 2 is 2.00 bits per heavy atom. The minimum Gasteiger partial charge on any atom is -0.374 e. The highest BCUT2D eigenvalue weighted by molar-refractivity contribution is 7.18. The summed E-state index contributed by atoms with van der Waals surface area (Å²) in [7, 11) is 0. The van der Waals surface area contributed by atoms with E-state index in [1.165, 1.54) is 5.56 Å². The topological polar surface area (TPSA) is 68.3 Å². The summed E-state index contributed by atoms with van der Waals surface area (Å²) in [4.78, 5) is 29.3. The molecule has 0 unspecified atom stereocenters. The molecule has 0 bridgehead atoms. The van der Waals surface area contributed by atoms with Gasteiger partial charge in [0.2, 0.25) is 5.91 Å². The molecule has 5 nitrogen and oxygen atoms in total. The first kappa shape index (κ1) is 20.7. The maximum atomic E-state index is 12.5. The number of aryl methyl sites for hydroxylation is 1. The number of hydrogen-bond acceptors (Lipinski definition) is 5. The smallest absolute Gasteiger partial charge is 0.223 e. The number of hydrogen-bond donors (Lipinski definition) is 1. The zero-order valence-corrected chi connectivity index (χ0v) is 17.9. The van der Waals surface area contributed by atoms with Crippen molar-refractivity contribution in [2.45, 2.75) is 45.3 Å². The van der Waals surface area contributed by atoms with Crippen molar-refractivity contribution in [3.8, 4) is 0 Å². The fourth-order valence-electron chi connectivity index (χ4n) is 3.83. The van der Waals surface area contributed by atoms with Gasteiger partial charge in [-0.1, -0.05) is 36.4 Å². The summed E-state index contributed by atoms with van der Waals surface area (Å²) in [5.74, 6) is -0.146. The predicted molar refractivity (Wildman–Crippen MR) is 118 cm³/mol. The molecule has 4 rings (SSSR count). The maximum Gasteiger partial charge on any atom is 0.223 e. The van der Waals surface area contributed by atoms with E-state index in [4.69, 9.17) is 4.74 Å². The van der Waals surface area contributed by atoms with Crippen LogP contribution in [0.4, 0.5) is 0 Å². The molecule has 0 saturated heterocycles. The van der Waals surface area contributed by atoms with Crippen LogP contribution in [0, 0.1) is 12.8 Å². The second kappa shape index (κ2) is 9.49. The van der Waals surface area contributed by atoms with Gasteiger partial charge in [-0.25, -0.2) is 4.98 Å². The van der Waals surface area contributed by atoms with Crippen LogP contribution in [0.15, 0.2) is 48.5 Å². The summed E-state index contributed by atoms with van der Waals surface area (Å²) in [5, 5.41) is 3.61. The number of carbonyl (C=O) groups excluding carboxylic acids is 2. The van der Waals surface area contributed by atoms with E-state index in [9.17, 15) is 9.59 Å². The minimum atomic E-state index is -0.0796. The van der Waals surface area contributed by atoms with Crippen molar-refractivity contribution in [2.75, 3.05) is 6.54 Å². The summed E-state index contributed by atoms with van der Waals surface area (Å²) in [6.07, 6.45) is 2.75. The molecule has 2 atom stereocenters. The van der Waals surface area contributed by atoms with Crippen LogP contribution >= 0.6 is 11.3 Å². The average molecular weight is 423 g/mol. The van der Waals surface area contributed by atoms with Crippen molar-refractivity contribution >= 4 is 33.2 Å². The molecular weight excluding hydrogens is 396 g/mol. The Hall–Kier alpha value is -2.57. The third-order valence-electron chi connectivity index (χ3n) is 5.48. The van der Waals surface area contributed by atoms with E-state index in [0.29, 0.717) is 13.0 Å². The SMILES string of the molecule is Cc1ccc2nc(CC(=O)CNC(=O)[C@H]3CC[C@H](OCc4ccccc4)C3)sc2c1. The summed E-state index contributed by atoms with van der Waals surface area (Å²) in [6.45, 7) is 2.67. The first-order valence-corrected chi connectivity index (χ1v) is 11.2. The van der Waals surface area contributed by atoms with Crippen LogP contribution in [-0.4, -0.2) is 29.3 Å². The summed E-state index contributed by atoms with van der Waals surface area (Å²) in [6, 6.07) is 16.1. The third-order valence-corrected chi connectivity index (χ3v) is 6.50. The second-order valence-corrected chi connectivity index (χ2v) is 9.06. The number of benzene rings is 2. The molecule has 1 amide bonds. The standard InChI is InChI=1S/C24H26N2O3S/c1-16-7-10-21-22(11-16)30-23(26-21)13-19(27)14-25-24(28)18-8-9-20(12-18)29-15-17-5-3-2-4-6-17/h2-7,10-11,18,20H,8-9,12-15H2,1H3,(H,25,28)/t18-,20-/m0/s1. The van der Waals surface area contributed by atoms with Crippen LogP contribution < -0.4 is 5.32 Å². The Morgan fingerprint density at radius 1 is 1.17 bits per heavy atom. The van der Waals surface area contributed by atoms with Crippen molar-refractivity contribution in [3.63, 3.8) is 0 Å². The summed E-state index contributed by atoms with van der Waals surface area (Å²) in [5.41, 5.74) is 3.24. The van der Waals surface area contributed by atoms with Gasteiger partial charge in [0.25, 0.3) is 0 Å². The minimum absolute atomic E-state index is 0.0194. The van der Waals surface area contributed by atoms with E-state index >= 15 is 0 Å². The van der Waals surface area contributed by atoms with Gasteiger partial charge in [-0.15, -0.1) is 11.3 Å². The number of fused-ring (bicyclic) bond motifs is 1. The number of thiazole rings is 1. The number of nitrogens with one attached hydrogen (secondary N) is 1. The Kier molecular flexibility index (Phi) is 6.55. The molecule has 1 aromatic heterocycles. The number of amides is 1. The van der Waals surface area contributed by atoms with Gasteiger partial charge in [0.05, 0.1) is 35.9 Å². The van der Waals surface area contributed by atoms with Gasteiger partial charge in [-0.05, 0) is 49.4 Å². The Bertz CT molecular complexity index is 1030. The van der Waals surface area contributed by atoms with Crippen molar-refractivity contribution in [3.05, 3.63) is 64.7 Å². The number of nitrogens with zero attached hydrogens (tertiary/aromatic N) is 1. The highest BCUT2D eigenvalue weighted by atomic mass is 32.1. The molecule has 30 heavy (non-hydrogen) atoms. The lowest BCUT2D eigenvalue weighted by atomic mass is 10.1. The second-order valence-electron chi connectivity index (χ2n) is 7.94. The molecule has 1 aliphatic carbocycles. The normalized spacial score (nSPS) is 18.6. The Balaban J connectivity index is 1.20. The highest BCUT2D eigenvalue weighted by Crippen LogP contribution is 2.29. The quantitative estimate of drug-likeness (QED) is 0.590. The van der Waals surface area contributed by atoms with Gasteiger partial charge in [-0.3, -0.25) is 9.59 Å². The molecule has 3 aromatic rings. The summed E-state index contributed by atoms with van der Waals surface area (Å²) < 4.78 is 7.05. The number of Topliss-reactive ketones (excluding diaryl/α,β-unsaturated/α-hetero) is 1. The zero-order chi connectivity index (χ0) is 20.9. The van der Waals surface area contributed by atoms with Gasteiger partial charge < -0.3 is 10.1 Å². The summed E-state index contributed by atoms with van der Waals surface area (Å²) >= 11 is 1.54. The molecule has 0 aliphatic heterocycles. The Labute approximate surface area is 180 Å². The van der Waals surface area contributed by atoms with E-state index in [0.717, 1.165) is 33.6 Å². The van der Waals surface area contributed by atoms with Gasteiger partial charge in [-0.2, -0.15) is 0 Å². The van der Waals surface area contributed by atoms with Crippen LogP contribution in [0.5, 0.6) is 0 Å². The van der Waals surface area contributed by atoms with Crippen LogP contribution in [0.2, 0.25) is 0 Å². The van der Waals surface area contributed by atoms with Gasteiger partial charge >= 0.3 is 0 Å². The molecule has 1 saturated carbocycles. The van der Waals surface area contributed by atoms with E-state index in [1.54, 1.807) is 11.3 Å². The molecule has 6 heteroatoms. The molecular formula is C24H26N2O3S. The first-order chi connectivity index (χ1) is 14.6. The van der Waals surface area contributed by atoms with E-state index < -0.39 is 0 Å². The molecule has 1 heterocycles. The average Bonchev–Trinajstić information content (AvgIpc) is 3.37. The number of ketones is 1. The number of carbonyl (C=O) groups is 2. The molecule has 0 radical (unpaired) electrons. The highest BCUT2D eigenvalue weighted by Gasteiger charge is 2.30. The van der Waals surface area contributed by atoms with Crippen LogP contribution in [0.3, 0.4) is 0 Å². The molecule has 156 valence electrons. The lowest BCUT2D eigenvalue weighted by Crippen LogP contribution is -2.34. The zero-order valence-electron chi connectivity index (χ0n) is 17.1. The van der Waals surface area contributed by atoms with Gasteiger partial charge in [0, 0.05) is 5.92 Å². The lowest BCUT2D eigenvalue weighted by molar-refractivity contribution is -0.127. The van der Waals surface area contributed by atoms with Crippen molar-refractivity contribution in [1.82, 2.24) is 10.3 Å². The Morgan fingerprint density at radius 3 is 2.83 bits per heavy atom.